The zero-order valence-electron chi connectivity index (χ0n) is 8.33. The lowest BCUT2D eigenvalue weighted by molar-refractivity contribution is 0.678. The molecule has 1 aromatic heterocycles. The van der Waals surface area contributed by atoms with Crippen molar-refractivity contribution >= 4 is 44.1 Å². The quantitative estimate of drug-likeness (QED) is 0.865. The molecule has 2 atom stereocenters. The van der Waals surface area contributed by atoms with Crippen LogP contribution in [0.25, 0.3) is 0 Å². The molecular weight excluding hydrogens is 302 g/mol. The van der Waals surface area contributed by atoms with Crippen molar-refractivity contribution in [2.24, 2.45) is 0 Å². The van der Waals surface area contributed by atoms with E-state index < -0.39 is 10.8 Å². The first kappa shape index (κ1) is 12.9. The largest absolute Gasteiger partial charge is 0.368 e. The Hall–Kier alpha value is -0.200. The summed E-state index contributed by atoms with van der Waals surface area (Å²) in [5, 5.41) is 3.48. The summed E-state index contributed by atoms with van der Waals surface area (Å²) < 4.78 is 11.7. The smallest absolute Gasteiger partial charge is 0.148 e. The van der Waals surface area contributed by atoms with Gasteiger partial charge in [-0.15, -0.1) is 0 Å². The molecule has 1 heterocycles. The van der Waals surface area contributed by atoms with Gasteiger partial charge in [0, 0.05) is 28.9 Å². The van der Waals surface area contributed by atoms with E-state index in [0.29, 0.717) is 22.0 Å². The third-order valence-corrected chi connectivity index (χ3v) is 4.44. The van der Waals surface area contributed by atoms with Gasteiger partial charge < -0.3 is 5.32 Å². The molecular formula is C8H11BrClN3OS. The van der Waals surface area contributed by atoms with E-state index in [1.807, 2.05) is 6.92 Å². The SMILES string of the molecule is CC(CNc1ncnc(Cl)c1Br)S(C)=O. The molecule has 0 aliphatic rings. The number of nitrogens with zero attached hydrogens (tertiary/aromatic N) is 2. The first-order valence-electron chi connectivity index (χ1n) is 4.24. The third kappa shape index (κ3) is 3.70. The van der Waals surface area contributed by atoms with E-state index in [0.717, 1.165) is 0 Å². The highest BCUT2D eigenvalue weighted by Crippen LogP contribution is 2.25. The molecule has 1 rings (SSSR count). The fourth-order valence-electron chi connectivity index (χ4n) is 0.829. The summed E-state index contributed by atoms with van der Waals surface area (Å²) in [6.45, 7) is 2.48. The maximum absolute atomic E-state index is 11.1. The molecule has 1 aromatic rings. The van der Waals surface area contributed by atoms with Crippen LogP contribution < -0.4 is 5.32 Å². The van der Waals surface area contributed by atoms with Crippen LogP contribution in [-0.2, 0) is 10.8 Å². The van der Waals surface area contributed by atoms with Crippen LogP contribution in [0.15, 0.2) is 10.8 Å². The van der Waals surface area contributed by atoms with Gasteiger partial charge in [-0.2, -0.15) is 0 Å². The molecule has 0 radical (unpaired) electrons. The number of rotatable bonds is 4. The summed E-state index contributed by atoms with van der Waals surface area (Å²) in [5.41, 5.74) is 0. The Bertz CT molecular complexity index is 377. The van der Waals surface area contributed by atoms with E-state index in [1.54, 1.807) is 6.26 Å². The number of halogens is 2. The van der Waals surface area contributed by atoms with Crippen LogP contribution in [0.1, 0.15) is 6.92 Å². The van der Waals surface area contributed by atoms with Gasteiger partial charge >= 0.3 is 0 Å². The monoisotopic (exact) mass is 311 g/mol. The summed E-state index contributed by atoms with van der Waals surface area (Å²) in [6.07, 6.45) is 3.05. The van der Waals surface area contributed by atoms with E-state index in [9.17, 15) is 4.21 Å². The minimum Gasteiger partial charge on any atom is -0.368 e. The average Bonchev–Trinajstić information content (AvgIpc) is 2.19. The molecule has 84 valence electrons. The van der Waals surface area contributed by atoms with Crippen LogP contribution in [0.2, 0.25) is 5.15 Å². The highest BCUT2D eigenvalue weighted by Gasteiger charge is 2.09. The lowest BCUT2D eigenvalue weighted by atomic mass is 10.4. The minimum atomic E-state index is -0.850. The first-order valence-corrected chi connectivity index (χ1v) is 7.03. The van der Waals surface area contributed by atoms with Crippen molar-refractivity contribution in [3.05, 3.63) is 16.0 Å². The third-order valence-electron chi connectivity index (χ3n) is 1.87. The zero-order valence-corrected chi connectivity index (χ0v) is 11.5. The van der Waals surface area contributed by atoms with E-state index in [1.165, 1.54) is 6.33 Å². The van der Waals surface area contributed by atoms with Gasteiger partial charge in [0.05, 0.1) is 4.47 Å². The maximum Gasteiger partial charge on any atom is 0.148 e. The van der Waals surface area contributed by atoms with Crippen LogP contribution in [-0.4, -0.2) is 32.2 Å². The Kier molecular flexibility index (Phi) is 4.95. The fourth-order valence-corrected chi connectivity index (χ4v) is 1.63. The molecule has 0 amide bonds. The second-order valence-electron chi connectivity index (χ2n) is 3.02. The van der Waals surface area contributed by atoms with E-state index in [2.05, 4.69) is 31.2 Å². The van der Waals surface area contributed by atoms with Gasteiger partial charge in [-0.3, -0.25) is 4.21 Å². The topological polar surface area (TPSA) is 54.9 Å². The standard InChI is InChI=1S/C8H11BrClN3OS/c1-5(15(2)14)3-11-8-6(9)7(10)12-4-13-8/h4-5H,3H2,1-2H3,(H,11,12,13). The summed E-state index contributed by atoms with van der Waals surface area (Å²) in [7, 11) is -0.850. The second-order valence-corrected chi connectivity index (χ2v) is 5.97. The van der Waals surface area contributed by atoms with Crippen LogP contribution in [0.3, 0.4) is 0 Å². The van der Waals surface area contributed by atoms with Gasteiger partial charge in [-0.05, 0) is 22.9 Å². The second kappa shape index (κ2) is 5.77. The van der Waals surface area contributed by atoms with Crippen molar-refractivity contribution in [3.63, 3.8) is 0 Å². The normalized spacial score (nSPS) is 14.7. The Morgan fingerprint density at radius 1 is 1.67 bits per heavy atom. The molecule has 0 aliphatic carbocycles. The number of nitrogens with one attached hydrogen (secondary N) is 1. The average molecular weight is 313 g/mol. The number of aromatic nitrogens is 2. The van der Waals surface area contributed by atoms with Gasteiger partial charge in [-0.1, -0.05) is 11.6 Å². The molecule has 2 unspecified atom stereocenters. The van der Waals surface area contributed by atoms with Gasteiger partial charge in [0.25, 0.3) is 0 Å². The number of anilines is 1. The molecule has 0 saturated heterocycles. The lowest BCUT2D eigenvalue weighted by Gasteiger charge is -2.11. The summed E-state index contributed by atoms with van der Waals surface area (Å²) in [5.74, 6) is 0.618. The van der Waals surface area contributed by atoms with Gasteiger partial charge in [-0.25, -0.2) is 9.97 Å². The van der Waals surface area contributed by atoms with Crippen molar-refractivity contribution in [2.75, 3.05) is 18.1 Å². The van der Waals surface area contributed by atoms with Crippen molar-refractivity contribution in [3.8, 4) is 0 Å². The van der Waals surface area contributed by atoms with Gasteiger partial charge in [0.1, 0.15) is 17.3 Å². The van der Waals surface area contributed by atoms with Crippen molar-refractivity contribution in [2.45, 2.75) is 12.2 Å². The minimum absolute atomic E-state index is 0.0608. The molecule has 0 spiro atoms. The lowest BCUT2D eigenvalue weighted by Crippen LogP contribution is -2.21. The maximum atomic E-state index is 11.1. The summed E-state index contributed by atoms with van der Waals surface area (Å²) in [4.78, 5) is 7.83. The summed E-state index contributed by atoms with van der Waals surface area (Å²) >= 11 is 9.07. The van der Waals surface area contributed by atoms with E-state index in [-0.39, 0.29) is 5.25 Å². The highest BCUT2D eigenvalue weighted by molar-refractivity contribution is 9.10. The Morgan fingerprint density at radius 3 is 2.93 bits per heavy atom. The van der Waals surface area contributed by atoms with Crippen molar-refractivity contribution in [1.29, 1.82) is 0 Å². The van der Waals surface area contributed by atoms with E-state index >= 15 is 0 Å². The molecule has 15 heavy (non-hydrogen) atoms. The Labute approximate surface area is 104 Å². The van der Waals surface area contributed by atoms with Crippen molar-refractivity contribution < 1.29 is 4.21 Å². The molecule has 0 fully saturated rings. The number of hydrogen-bond donors (Lipinski definition) is 1. The van der Waals surface area contributed by atoms with Crippen molar-refractivity contribution in [1.82, 2.24) is 9.97 Å². The van der Waals surface area contributed by atoms with Crippen LogP contribution in [0, 0.1) is 0 Å². The predicted octanol–water partition coefficient (Wildman–Crippen LogP) is 2.07. The summed E-state index contributed by atoms with van der Waals surface area (Å²) in [6, 6.07) is 0. The van der Waals surface area contributed by atoms with E-state index in [4.69, 9.17) is 11.6 Å². The Morgan fingerprint density at radius 2 is 2.33 bits per heavy atom. The molecule has 0 aromatic carbocycles. The van der Waals surface area contributed by atoms with Crippen LogP contribution >= 0.6 is 27.5 Å². The molecule has 0 bridgehead atoms. The molecule has 1 N–H and O–H groups in total. The highest BCUT2D eigenvalue weighted by atomic mass is 79.9. The molecule has 4 nitrogen and oxygen atoms in total. The van der Waals surface area contributed by atoms with Gasteiger partial charge in [0.2, 0.25) is 0 Å². The van der Waals surface area contributed by atoms with Crippen LogP contribution in [0.5, 0.6) is 0 Å². The van der Waals surface area contributed by atoms with Crippen LogP contribution in [0.4, 0.5) is 5.82 Å². The molecule has 0 aliphatic heterocycles. The fraction of sp³-hybridized carbons (Fsp3) is 0.500. The first-order chi connectivity index (χ1) is 7.02. The zero-order chi connectivity index (χ0) is 11.4. The number of hydrogen-bond acceptors (Lipinski definition) is 4. The predicted molar refractivity (Wildman–Crippen MR) is 66.8 cm³/mol. The molecule has 7 heteroatoms. The Balaban J connectivity index is 2.66. The van der Waals surface area contributed by atoms with Gasteiger partial charge in [0.15, 0.2) is 0 Å². The molecule has 0 saturated carbocycles.